The second kappa shape index (κ2) is 8.50. The van der Waals surface area contributed by atoms with Crippen molar-refractivity contribution < 1.29 is 22.7 Å². The SMILES string of the molecule is COc1cccc(Cn2cc(NC(=O)C(C)n3nc(C(F)(F)F)c(Cl)c3C3CC3)cn2)c1. The smallest absolute Gasteiger partial charge is 0.436 e. The molecule has 0 bridgehead atoms. The number of amides is 1. The van der Waals surface area contributed by atoms with Crippen LogP contribution in [0.4, 0.5) is 18.9 Å². The van der Waals surface area contributed by atoms with Crippen molar-refractivity contribution in [2.75, 3.05) is 12.4 Å². The molecule has 0 radical (unpaired) electrons. The molecule has 0 spiro atoms. The highest BCUT2D eigenvalue weighted by Gasteiger charge is 2.43. The van der Waals surface area contributed by atoms with E-state index >= 15 is 0 Å². The van der Waals surface area contributed by atoms with Gasteiger partial charge in [0.2, 0.25) is 5.91 Å². The van der Waals surface area contributed by atoms with Crippen LogP contribution >= 0.6 is 11.6 Å². The Hall–Kier alpha value is -3.01. The highest BCUT2D eigenvalue weighted by molar-refractivity contribution is 6.32. The molecule has 1 N–H and O–H groups in total. The fourth-order valence-corrected chi connectivity index (χ4v) is 3.84. The van der Waals surface area contributed by atoms with Gasteiger partial charge in [0, 0.05) is 12.1 Å². The van der Waals surface area contributed by atoms with E-state index < -0.39 is 28.8 Å². The topological polar surface area (TPSA) is 74.0 Å². The number of rotatable bonds is 7. The number of nitrogens with one attached hydrogen (secondary N) is 1. The number of alkyl halides is 3. The van der Waals surface area contributed by atoms with E-state index in [9.17, 15) is 18.0 Å². The highest BCUT2D eigenvalue weighted by Crippen LogP contribution is 2.47. The van der Waals surface area contributed by atoms with Crippen molar-refractivity contribution in [2.45, 2.75) is 44.4 Å². The van der Waals surface area contributed by atoms with Gasteiger partial charge in [-0.3, -0.25) is 14.2 Å². The zero-order chi connectivity index (χ0) is 23.0. The summed E-state index contributed by atoms with van der Waals surface area (Å²) in [5.74, 6) is 0.0901. The van der Waals surface area contributed by atoms with Crippen molar-refractivity contribution in [2.24, 2.45) is 0 Å². The molecule has 170 valence electrons. The number of benzene rings is 1. The summed E-state index contributed by atoms with van der Waals surface area (Å²) >= 11 is 6.00. The second-order valence-electron chi connectivity index (χ2n) is 7.71. The van der Waals surface area contributed by atoms with Gasteiger partial charge in [-0.2, -0.15) is 23.4 Å². The molecule has 1 aliphatic rings. The Morgan fingerprint density at radius 3 is 2.78 bits per heavy atom. The van der Waals surface area contributed by atoms with Gasteiger partial charge in [0.05, 0.1) is 36.3 Å². The van der Waals surface area contributed by atoms with E-state index in [1.807, 2.05) is 24.3 Å². The Morgan fingerprint density at radius 1 is 1.38 bits per heavy atom. The minimum absolute atomic E-state index is 0.119. The summed E-state index contributed by atoms with van der Waals surface area (Å²) in [6.07, 6.45) is -0.140. The van der Waals surface area contributed by atoms with Crippen LogP contribution in [0.2, 0.25) is 5.02 Å². The summed E-state index contributed by atoms with van der Waals surface area (Å²) in [5.41, 5.74) is 0.479. The van der Waals surface area contributed by atoms with Crippen molar-refractivity contribution in [1.29, 1.82) is 0 Å². The van der Waals surface area contributed by atoms with Crippen LogP contribution in [-0.2, 0) is 17.5 Å². The third kappa shape index (κ3) is 4.59. The summed E-state index contributed by atoms with van der Waals surface area (Å²) in [5, 5.41) is 10.1. The van der Waals surface area contributed by atoms with Crippen LogP contribution in [0.5, 0.6) is 5.75 Å². The second-order valence-corrected chi connectivity index (χ2v) is 8.09. The minimum Gasteiger partial charge on any atom is -0.497 e. The number of nitrogens with zero attached hydrogens (tertiary/aromatic N) is 4. The van der Waals surface area contributed by atoms with Crippen LogP contribution in [0.15, 0.2) is 36.7 Å². The van der Waals surface area contributed by atoms with Crippen LogP contribution in [-0.4, -0.2) is 32.6 Å². The summed E-state index contributed by atoms with van der Waals surface area (Å²) < 4.78 is 47.8. The Bertz CT molecular complexity index is 1140. The van der Waals surface area contributed by atoms with Crippen LogP contribution in [0.1, 0.15) is 48.7 Å². The molecule has 32 heavy (non-hydrogen) atoms. The minimum atomic E-state index is -4.69. The van der Waals surface area contributed by atoms with Crippen molar-refractivity contribution in [1.82, 2.24) is 19.6 Å². The van der Waals surface area contributed by atoms with Gasteiger partial charge in [-0.25, -0.2) is 0 Å². The maximum atomic E-state index is 13.3. The predicted molar refractivity (Wildman–Crippen MR) is 112 cm³/mol. The molecular weight excluding hydrogens is 447 g/mol. The monoisotopic (exact) mass is 467 g/mol. The highest BCUT2D eigenvalue weighted by atomic mass is 35.5. The molecule has 0 saturated heterocycles. The number of halogens is 4. The molecule has 7 nitrogen and oxygen atoms in total. The van der Waals surface area contributed by atoms with Crippen molar-refractivity contribution in [3.05, 3.63) is 58.6 Å². The number of ether oxygens (including phenoxy) is 1. The summed E-state index contributed by atoms with van der Waals surface area (Å²) in [4.78, 5) is 12.8. The van der Waals surface area contributed by atoms with Gasteiger partial charge >= 0.3 is 6.18 Å². The number of hydrogen-bond acceptors (Lipinski definition) is 4. The summed E-state index contributed by atoms with van der Waals surface area (Å²) in [6, 6.07) is 6.51. The zero-order valence-corrected chi connectivity index (χ0v) is 18.1. The lowest BCUT2D eigenvalue weighted by molar-refractivity contribution is -0.141. The van der Waals surface area contributed by atoms with Crippen LogP contribution < -0.4 is 10.1 Å². The van der Waals surface area contributed by atoms with Gasteiger partial charge in [0.1, 0.15) is 11.8 Å². The first kappa shape index (κ1) is 22.2. The lowest BCUT2D eigenvalue weighted by Crippen LogP contribution is -2.26. The Balaban J connectivity index is 1.49. The average Bonchev–Trinajstić information content (AvgIpc) is 3.38. The molecule has 3 aromatic rings. The first-order chi connectivity index (χ1) is 15.2. The predicted octanol–water partition coefficient (Wildman–Crippen LogP) is 4.89. The van der Waals surface area contributed by atoms with E-state index in [0.29, 0.717) is 25.1 Å². The number of anilines is 1. The standard InChI is InChI=1S/C21H21ClF3N5O2/c1-12(30-18(14-6-7-14)17(22)19(28-30)21(23,24)25)20(31)27-15-9-26-29(11-15)10-13-4-3-5-16(8-13)32-2/h3-5,8-9,11-12,14H,6-7,10H2,1-2H3,(H,27,31). The number of hydrogen-bond donors (Lipinski definition) is 1. The number of carbonyl (C=O) groups excluding carboxylic acids is 1. The third-order valence-corrected chi connectivity index (χ3v) is 5.62. The van der Waals surface area contributed by atoms with E-state index in [4.69, 9.17) is 16.3 Å². The summed E-state index contributed by atoms with van der Waals surface area (Å²) in [6.45, 7) is 1.95. The fraction of sp³-hybridized carbons (Fsp3) is 0.381. The van der Waals surface area contributed by atoms with Gasteiger partial charge < -0.3 is 10.1 Å². The van der Waals surface area contributed by atoms with E-state index in [-0.39, 0.29) is 11.6 Å². The molecule has 1 aromatic carbocycles. The Kier molecular flexibility index (Phi) is 5.89. The van der Waals surface area contributed by atoms with E-state index in [1.54, 1.807) is 18.0 Å². The quantitative estimate of drug-likeness (QED) is 0.537. The van der Waals surface area contributed by atoms with Crippen molar-refractivity contribution >= 4 is 23.2 Å². The van der Waals surface area contributed by atoms with Crippen LogP contribution in [0.3, 0.4) is 0 Å². The van der Waals surface area contributed by atoms with Gasteiger partial charge in [-0.05, 0) is 37.5 Å². The number of aromatic nitrogens is 4. The van der Waals surface area contributed by atoms with Crippen LogP contribution in [0.25, 0.3) is 0 Å². The fourth-order valence-electron chi connectivity index (χ4n) is 3.46. The van der Waals surface area contributed by atoms with Crippen molar-refractivity contribution in [3.8, 4) is 5.75 Å². The molecule has 1 unspecified atom stereocenters. The maximum absolute atomic E-state index is 13.3. The molecule has 1 aliphatic carbocycles. The van der Waals surface area contributed by atoms with Gasteiger partial charge in [0.25, 0.3) is 0 Å². The van der Waals surface area contributed by atoms with Gasteiger partial charge in [0.15, 0.2) is 5.69 Å². The lowest BCUT2D eigenvalue weighted by atomic mass is 10.2. The van der Waals surface area contributed by atoms with Gasteiger partial charge in [-0.15, -0.1) is 0 Å². The first-order valence-electron chi connectivity index (χ1n) is 9.98. The first-order valence-corrected chi connectivity index (χ1v) is 10.4. The maximum Gasteiger partial charge on any atom is 0.436 e. The van der Waals surface area contributed by atoms with Crippen LogP contribution in [0, 0.1) is 0 Å². The Labute approximate surface area is 187 Å². The number of methoxy groups -OCH3 is 1. The molecular formula is C21H21ClF3N5O2. The molecule has 1 fully saturated rings. The molecule has 2 heterocycles. The Morgan fingerprint density at radius 2 is 2.12 bits per heavy atom. The van der Waals surface area contributed by atoms with E-state index in [0.717, 1.165) is 16.0 Å². The van der Waals surface area contributed by atoms with E-state index in [1.165, 1.54) is 13.1 Å². The lowest BCUT2D eigenvalue weighted by Gasteiger charge is -2.15. The van der Waals surface area contributed by atoms with Crippen molar-refractivity contribution in [3.63, 3.8) is 0 Å². The molecule has 2 aromatic heterocycles. The molecule has 1 amide bonds. The van der Waals surface area contributed by atoms with E-state index in [2.05, 4.69) is 15.5 Å². The summed E-state index contributed by atoms with van der Waals surface area (Å²) in [7, 11) is 1.58. The molecule has 11 heteroatoms. The third-order valence-electron chi connectivity index (χ3n) is 5.25. The van der Waals surface area contributed by atoms with Gasteiger partial charge in [-0.1, -0.05) is 23.7 Å². The number of carbonyl (C=O) groups is 1. The molecule has 1 atom stereocenters. The largest absolute Gasteiger partial charge is 0.497 e. The molecule has 4 rings (SSSR count). The normalized spacial score (nSPS) is 14.9. The average molecular weight is 468 g/mol. The molecule has 1 saturated carbocycles. The zero-order valence-electron chi connectivity index (χ0n) is 17.4. The molecule has 0 aliphatic heterocycles.